The normalized spacial score (nSPS) is 23.6. The molecule has 2 atom stereocenters. The van der Waals surface area contributed by atoms with Gasteiger partial charge in [0.25, 0.3) is 0 Å². The molecule has 4 nitrogen and oxygen atoms in total. The van der Waals surface area contributed by atoms with E-state index in [1.54, 1.807) is 12.1 Å². The summed E-state index contributed by atoms with van der Waals surface area (Å²) in [6.07, 6.45) is -0.111. The summed E-state index contributed by atoms with van der Waals surface area (Å²) in [6.45, 7) is 0.966. The van der Waals surface area contributed by atoms with Crippen LogP contribution in [-0.4, -0.2) is 41.8 Å². The van der Waals surface area contributed by atoms with Crippen molar-refractivity contribution >= 4 is 29.2 Å². The van der Waals surface area contributed by atoms with E-state index in [2.05, 4.69) is 0 Å². The molecule has 1 heterocycles. The first kappa shape index (κ1) is 14.6. The number of hydrogen-bond acceptors (Lipinski definition) is 4. The van der Waals surface area contributed by atoms with Gasteiger partial charge in [-0.05, 0) is 17.7 Å². The minimum absolute atomic E-state index is 0.323. The molecule has 104 valence electrons. The fourth-order valence-electron chi connectivity index (χ4n) is 2.31. The third-order valence-electron chi connectivity index (χ3n) is 3.22. The molecular formula is C13H15Cl2NO3. The smallest absolute Gasteiger partial charge is 0.323 e. The third kappa shape index (κ3) is 3.39. The van der Waals surface area contributed by atoms with Gasteiger partial charge in [0.05, 0.1) is 23.3 Å². The number of β-amino-alcohol motifs (C(OH)–C–C–N with tert-alkyl or cyclic N) is 1. The van der Waals surface area contributed by atoms with Gasteiger partial charge in [-0.1, -0.05) is 29.3 Å². The Bertz CT molecular complexity index is 481. The number of likely N-dealkylation sites (tertiary alicyclic amines) is 1. The van der Waals surface area contributed by atoms with E-state index in [-0.39, 0.29) is 5.97 Å². The standard InChI is InChI=1S/C13H15Cl2NO3/c1-19-13(18)12-5-9(17)7-16(12)6-8-2-3-10(14)11(15)4-8/h2-4,9,12,17H,5-7H2,1H3/t9-,12?/m1/s1. The van der Waals surface area contributed by atoms with Crippen molar-refractivity contribution in [1.29, 1.82) is 0 Å². The molecule has 1 aromatic rings. The minimum atomic E-state index is -0.508. The number of ether oxygens (including phenoxy) is 1. The lowest BCUT2D eigenvalue weighted by molar-refractivity contribution is -0.146. The first-order valence-corrected chi connectivity index (χ1v) is 6.70. The second kappa shape index (κ2) is 6.09. The van der Waals surface area contributed by atoms with Crippen LogP contribution in [-0.2, 0) is 16.1 Å². The maximum absolute atomic E-state index is 11.7. The van der Waals surface area contributed by atoms with E-state index >= 15 is 0 Å². The van der Waals surface area contributed by atoms with Crippen LogP contribution >= 0.6 is 23.2 Å². The maximum atomic E-state index is 11.7. The monoisotopic (exact) mass is 303 g/mol. The number of methoxy groups -OCH3 is 1. The molecule has 0 aliphatic carbocycles. The molecule has 0 aromatic heterocycles. The van der Waals surface area contributed by atoms with Crippen LogP contribution in [0, 0.1) is 0 Å². The average Bonchev–Trinajstić information content (AvgIpc) is 2.74. The van der Waals surface area contributed by atoms with Crippen molar-refractivity contribution in [1.82, 2.24) is 4.90 Å². The van der Waals surface area contributed by atoms with E-state index in [1.165, 1.54) is 7.11 Å². The predicted octanol–water partition coefficient (Wildman–Crippen LogP) is 2.10. The van der Waals surface area contributed by atoms with E-state index in [1.807, 2.05) is 11.0 Å². The third-order valence-corrected chi connectivity index (χ3v) is 3.96. The Balaban J connectivity index is 2.12. The Morgan fingerprint density at radius 3 is 2.84 bits per heavy atom. The van der Waals surface area contributed by atoms with Crippen molar-refractivity contribution in [3.8, 4) is 0 Å². The van der Waals surface area contributed by atoms with Gasteiger partial charge in [0.2, 0.25) is 0 Å². The highest BCUT2D eigenvalue weighted by Gasteiger charge is 2.36. The first-order chi connectivity index (χ1) is 9.01. The van der Waals surface area contributed by atoms with Gasteiger partial charge in [0, 0.05) is 19.5 Å². The number of esters is 1. The van der Waals surface area contributed by atoms with Gasteiger partial charge in [0.1, 0.15) is 6.04 Å². The average molecular weight is 304 g/mol. The largest absolute Gasteiger partial charge is 0.468 e. The topological polar surface area (TPSA) is 49.8 Å². The van der Waals surface area contributed by atoms with Crippen LogP contribution < -0.4 is 0 Å². The van der Waals surface area contributed by atoms with Gasteiger partial charge in [-0.15, -0.1) is 0 Å². The summed E-state index contributed by atoms with van der Waals surface area (Å²) in [5.74, 6) is -0.323. The summed E-state index contributed by atoms with van der Waals surface area (Å²) < 4.78 is 4.75. The zero-order valence-electron chi connectivity index (χ0n) is 10.5. The second-order valence-electron chi connectivity index (χ2n) is 4.61. The summed E-state index contributed by atoms with van der Waals surface area (Å²) in [7, 11) is 1.35. The molecule has 0 spiro atoms. The molecule has 1 fully saturated rings. The van der Waals surface area contributed by atoms with Crippen molar-refractivity contribution < 1.29 is 14.6 Å². The molecule has 1 saturated heterocycles. The summed E-state index contributed by atoms with van der Waals surface area (Å²) in [5, 5.41) is 10.7. The van der Waals surface area contributed by atoms with Crippen LogP contribution in [0.15, 0.2) is 18.2 Å². The number of carbonyl (C=O) groups is 1. The van der Waals surface area contributed by atoms with Crippen LogP contribution in [0.25, 0.3) is 0 Å². The molecule has 2 rings (SSSR count). The van der Waals surface area contributed by atoms with Crippen molar-refractivity contribution in [3.63, 3.8) is 0 Å². The lowest BCUT2D eigenvalue weighted by Gasteiger charge is -2.22. The number of aliphatic hydroxyl groups excluding tert-OH is 1. The zero-order valence-corrected chi connectivity index (χ0v) is 12.0. The van der Waals surface area contributed by atoms with E-state index in [9.17, 15) is 9.90 Å². The molecule has 0 bridgehead atoms. The van der Waals surface area contributed by atoms with Crippen molar-refractivity contribution in [2.24, 2.45) is 0 Å². The Morgan fingerprint density at radius 1 is 1.47 bits per heavy atom. The second-order valence-corrected chi connectivity index (χ2v) is 5.42. The van der Waals surface area contributed by atoms with Crippen LogP contribution in [0.1, 0.15) is 12.0 Å². The Hall–Kier alpha value is -0.810. The Kier molecular flexibility index (Phi) is 4.68. The first-order valence-electron chi connectivity index (χ1n) is 5.95. The van der Waals surface area contributed by atoms with Crippen LogP contribution in [0.5, 0.6) is 0 Å². The molecule has 1 aliphatic heterocycles. The lowest BCUT2D eigenvalue weighted by Crippen LogP contribution is -2.36. The van der Waals surface area contributed by atoms with Gasteiger partial charge in [-0.25, -0.2) is 0 Å². The number of halogens is 2. The van der Waals surface area contributed by atoms with Gasteiger partial charge in [0.15, 0.2) is 0 Å². The highest BCUT2D eigenvalue weighted by molar-refractivity contribution is 6.42. The summed E-state index contributed by atoms with van der Waals surface area (Å²) in [5.41, 5.74) is 0.942. The maximum Gasteiger partial charge on any atom is 0.323 e. The molecule has 0 amide bonds. The minimum Gasteiger partial charge on any atom is -0.468 e. The fraction of sp³-hybridized carbons (Fsp3) is 0.462. The van der Waals surface area contributed by atoms with Crippen LogP contribution in [0.4, 0.5) is 0 Å². The molecular weight excluding hydrogens is 289 g/mol. The van der Waals surface area contributed by atoms with E-state index in [0.717, 1.165) is 5.56 Å². The molecule has 19 heavy (non-hydrogen) atoms. The molecule has 1 unspecified atom stereocenters. The summed E-state index contributed by atoms with van der Waals surface area (Å²) in [4.78, 5) is 13.5. The molecule has 0 radical (unpaired) electrons. The van der Waals surface area contributed by atoms with E-state index in [0.29, 0.717) is 29.6 Å². The number of carbonyl (C=O) groups excluding carboxylic acids is 1. The van der Waals surface area contributed by atoms with Crippen LogP contribution in [0.2, 0.25) is 10.0 Å². The highest BCUT2D eigenvalue weighted by Crippen LogP contribution is 2.26. The zero-order chi connectivity index (χ0) is 14.0. The highest BCUT2D eigenvalue weighted by atomic mass is 35.5. The van der Waals surface area contributed by atoms with Gasteiger partial charge < -0.3 is 9.84 Å². The fourth-order valence-corrected chi connectivity index (χ4v) is 2.63. The number of rotatable bonds is 3. The Morgan fingerprint density at radius 2 is 2.21 bits per heavy atom. The van der Waals surface area contributed by atoms with Crippen molar-refractivity contribution in [2.45, 2.75) is 25.1 Å². The van der Waals surface area contributed by atoms with Gasteiger partial charge in [-0.2, -0.15) is 0 Å². The Labute approximate surface area is 121 Å². The molecule has 1 N–H and O–H groups in total. The molecule has 1 aliphatic rings. The van der Waals surface area contributed by atoms with Gasteiger partial charge in [-0.3, -0.25) is 9.69 Å². The van der Waals surface area contributed by atoms with Crippen molar-refractivity contribution in [3.05, 3.63) is 33.8 Å². The number of nitrogens with zero attached hydrogens (tertiary/aromatic N) is 1. The summed E-state index contributed by atoms with van der Waals surface area (Å²) >= 11 is 11.8. The lowest BCUT2D eigenvalue weighted by atomic mass is 10.1. The summed E-state index contributed by atoms with van der Waals surface area (Å²) in [6, 6.07) is 4.93. The predicted molar refractivity (Wildman–Crippen MR) is 73.3 cm³/mol. The van der Waals surface area contributed by atoms with E-state index < -0.39 is 12.1 Å². The van der Waals surface area contributed by atoms with E-state index in [4.69, 9.17) is 27.9 Å². The van der Waals surface area contributed by atoms with Crippen molar-refractivity contribution in [2.75, 3.05) is 13.7 Å². The number of aliphatic hydroxyl groups is 1. The number of hydrogen-bond donors (Lipinski definition) is 1. The quantitative estimate of drug-likeness (QED) is 0.869. The SMILES string of the molecule is COC(=O)C1C[C@@H](O)CN1Cc1ccc(Cl)c(Cl)c1. The van der Waals surface area contributed by atoms with Gasteiger partial charge >= 0.3 is 5.97 Å². The van der Waals surface area contributed by atoms with Crippen LogP contribution in [0.3, 0.4) is 0 Å². The molecule has 1 aromatic carbocycles. The molecule has 0 saturated carbocycles. The number of benzene rings is 1. The molecule has 6 heteroatoms.